The summed E-state index contributed by atoms with van der Waals surface area (Å²) in [7, 11) is 1.33. The number of ether oxygens (including phenoxy) is 2. The van der Waals surface area contributed by atoms with E-state index in [0.717, 1.165) is 34.2 Å². The molecule has 0 fully saturated rings. The summed E-state index contributed by atoms with van der Waals surface area (Å²) in [5.41, 5.74) is 3.87. The van der Waals surface area contributed by atoms with Gasteiger partial charge in [-0.25, -0.2) is 4.79 Å². The first-order valence-corrected chi connectivity index (χ1v) is 9.75. The molecule has 0 spiro atoms. The SMILES string of the molecule is COC(=O)C(NC(=O)CC(C)c1c[nH]c2ccccc12)c1ccc2c(c1)CCO2. The Labute approximate surface area is 169 Å². The third kappa shape index (κ3) is 3.83. The van der Waals surface area contributed by atoms with E-state index < -0.39 is 12.0 Å². The van der Waals surface area contributed by atoms with Crippen LogP contribution in [0.3, 0.4) is 0 Å². The molecule has 29 heavy (non-hydrogen) atoms. The first-order chi connectivity index (χ1) is 14.1. The van der Waals surface area contributed by atoms with E-state index in [9.17, 15) is 9.59 Å². The van der Waals surface area contributed by atoms with Gasteiger partial charge in [-0.1, -0.05) is 31.2 Å². The molecule has 2 heterocycles. The van der Waals surface area contributed by atoms with Crippen LogP contribution in [0.1, 0.15) is 42.0 Å². The average Bonchev–Trinajstić information content (AvgIpc) is 3.37. The number of amides is 1. The van der Waals surface area contributed by atoms with Crippen molar-refractivity contribution in [3.8, 4) is 5.75 Å². The second kappa shape index (κ2) is 7.99. The number of para-hydroxylation sites is 1. The number of H-pyrrole nitrogens is 1. The van der Waals surface area contributed by atoms with E-state index in [0.29, 0.717) is 12.2 Å². The van der Waals surface area contributed by atoms with Gasteiger partial charge in [0.15, 0.2) is 6.04 Å². The van der Waals surface area contributed by atoms with E-state index in [-0.39, 0.29) is 18.2 Å². The number of benzene rings is 2. The minimum Gasteiger partial charge on any atom is -0.493 e. The average molecular weight is 392 g/mol. The number of hydrogen-bond donors (Lipinski definition) is 2. The van der Waals surface area contributed by atoms with Crippen LogP contribution in [0.4, 0.5) is 0 Å². The minimum atomic E-state index is -0.839. The van der Waals surface area contributed by atoms with Gasteiger partial charge in [0, 0.05) is 29.9 Å². The zero-order chi connectivity index (χ0) is 20.4. The van der Waals surface area contributed by atoms with Crippen LogP contribution in [0, 0.1) is 0 Å². The third-order valence-electron chi connectivity index (χ3n) is 5.43. The van der Waals surface area contributed by atoms with Gasteiger partial charge in [-0.3, -0.25) is 4.79 Å². The van der Waals surface area contributed by atoms with E-state index in [2.05, 4.69) is 10.3 Å². The van der Waals surface area contributed by atoms with Crippen LogP contribution in [0.2, 0.25) is 0 Å². The van der Waals surface area contributed by atoms with Crippen LogP contribution in [0.25, 0.3) is 10.9 Å². The molecule has 2 unspecified atom stereocenters. The lowest BCUT2D eigenvalue weighted by Gasteiger charge is -2.19. The molecule has 2 aromatic carbocycles. The predicted octanol–water partition coefficient (Wildman–Crippen LogP) is 3.63. The first-order valence-electron chi connectivity index (χ1n) is 9.75. The number of carbonyl (C=O) groups excluding carboxylic acids is 2. The number of methoxy groups -OCH3 is 1. The van der Waals surface area contributed by atoms with E-state index in [1.807, 2.05) is 49.5 Å². The second-order valence-electron chi connectivity index (χ2n) is 7.38. The summed E-state index contributed by atoms with van der Waals surface area (Å²) in [6.07, 6.45) is 3.01. The zero-order valence-corrected chi connectivity index (χ0v) is 16.5. The fraction of sp³-hybridized carbons (Fsp3) is 0.304. The highest BCUT2D eigenvalue weighted by Crippen LogP contribution is 2.30. The molecule has 0 aliphatic carbocycles. The molecular weight excluding hydrogens is 368 g/mol. The smallest absolute Gasteiger partial charge is 0.333 e. The lowest BCUT2D eigenvalue weighted by molar-refractivity contribution is -0.145. The first kappa shape index (κ1) is 19.1. The van der Waals surface area contributed by atoms with Crippen molar-refractivity contribution in [2.45, 2.75) is 31.7 Å². The van der Waals surface area contributed by atoms with Crippen molar-refractivity contribution in [3.05, 3.63) is 65.4 Å². The van der Waals surface area contributed by atoms with Gasteiger partial charge in [0.25, 0.3) is 0 Å². The maximum atomic E-state index is 12.8. The van der Waals surface area contributed by atoms with Gasteiger partial charge in [0.1, 0.15) is 5.75 Å². The van der Waals surface area contributed by atoms with Crippen molar-refractivity contribution in [2.24, 2.45) is 0 Å². The molecule has 1 aromatic heterocycles. The number of esters is 1. The van der Waals surface area contributed by atoms with Crippen molar-refractivity contribution in [2.75, 3.05) is 13.7 Å². The van der Waals surface area contributed by atoms with Gasteiger partial charge >= 0.3 is 5.97 Å². The number of fused-ring (bicyclic) bond motifs is 2. The Kier molecular flexibility index (Phi) is 5.25. The van der Waals surface area contributed by atoms with Gasteiger partial charge in [-0.15, -0.1) is 0 Å². The minimum absolute atomic E-state index is 0.00197. The highest BCUT2D eigenvalue weighted by molar-refractivity contribution is 5.87. The summed E-state index contributed by atoms with van der Waals surface area (Å²) in [5, 5.41) is 3.96. The van der Waals surface area contributed by atoms with E-state index in [1.165, 1.54) is 7.11 Å². The number of nitrogens with one attached hydrogen (secondary N) is 2. The number of hydrogen-bond acceptors (Lipinski definition) is 4. The fourth-order valence-corrected chi connectivity index (χ4v) is 3.89. The lowest BCUT2D eigenvalue weighted by atomic mass is 9.96. The molecule has 3 aromatic rings. The maximum absolute atomic E-state index is 12.8. The van der Waals surface area contributed by atoms with Crippen LogP contribution in [0.5, 0.6) is 5.75 Å². The van der Waals surface area contributed by atoms with Crippen LogP contribution in [-0.4, -0.2) is 30.6 Å². The summed E-state index contributed by atoms with van der Waals surface area (Å²) >= 11 is 0. The molecule has 150 valence electrons. The molecule has 4 rings (SSSR count). The van der Waals surface area contributed by atoms with Gasteiger partial charge in [-0.2, -0.15) is 0 Å². The topological polar surface area (TPSA) is 80.4 Å². The zero-order valence-electron chi connectivity index (χ0n) is 16.5. The van der Waals surface area contributed by atoms with Gasteiger partial charge < -0.3 is 19.8 Å². The van der Waals surface area contributed by atoms with Crippen LogP contribution in [-0.2, 0) is 20.7 Å². The molecular formula is C23H24N2O4. The Morgan fingerprint density at radius 2 is 2.07 bits per heavy atom. The Morgan fingerprint density at radius 3 is 2.90 bits per heavy atom. The van der Waals surface area contributed by atoms with Crippen molar-refractivity contribution in [1.29, 1.82) is 0 Å². The number of carbonyl (C=O) groups is 2. The summed E-state index contributed by atoms with van der Waals surface area (Å²) in [6.45, 7) is 2.64. The molecule has 1 aliphatic rings. The largest absolute Gasteiger partial charge is 0.493 e. The molecule has 2 N–H and O–H groups in total. The van der Waals surface area contributed by atoms with E-state index in [4.69, 9.17) is 9.47 Å². The van der Waals surface area contributed by atoms with Crippen LogP contribution >= 0.6 is 0 Å². The summed E-state index contributed by atoms with van der Waals surface area (Å²) in [5.74, 6) is 0.140. The maximum Gasteiger partial charge on any atom is 0.333 e. The highest BCUT2D eigenvalue weighted by Gasteiger charge is 2.26. The third-order valence-corrected chi connectivity index (χ3v) is 5.43. The fourth-order valence-electron chi connectivity index (χ4n) is 3.89. The molecule has 0 saturated carbocycles. The normalized spacial score (nSPS) is 14.7. The Bertz CT molecular complexity index is 1060. The lowest BCUT2D eigenvalue weighted by Crippen LogP contribution is -2.35. The predicted molar refractivity (Wildman–Crippen MR) is 110 cm³/mol. The van der Waals surface area contributed by atoms with Gasteiger partial charge in [0.05, 0.1) is 13.7 Å². The quantitative estimate of drug-likeness (QED) is 0.628. The summed E-state index contributed by atoms with van der Waals surface area (Å²) in [6, 6.07) is 12.7. The molecule has 6 heteroatoms. The van der Waals surface area contributed by atoms with Gasteiger partial charge in [0.2, 0.25) is 5.91 Å². The molecule has 2 atom stereocenters. The monoisotopic (exact) mass is 392 g/mol. The van der Waals surface area contributed by atoms with E-state index >= 15 is 0 Å². The van der Waals surface area contributed by atoms with Crippen molar-refractivity contribution >= 4 is 22.8 Å². The Balaban J connectivity index is 1.50. The summed E-state index contributed by atoms with van der Waals surface area (Å²) in [4.78, 5) is 28.4. The highest BCUT2D eigenvalue weighted by atomic mass is 16.5. The molecule has 0 bridgehead atoms. The Morgan fingerprint density at radius 1 is 1.24 bits per heavy atom. The number of aromatic nitrogens is 1. The van der Waals surface area contributed by atoms with E-state index in [1.54, 1.807) is 6.07 Å². The van der Waals surface area contributed by atoms with Crippen molar-refractivity contribution in [3.63, 3.8) is 0 Å². The standard InChI is InChI=1S/C23H24N2O4/c1-14(18-13-24-19-6-4-3-5-17(18)19)11-21(26)25-22(23(27)28-2)16-7-8-20-15(12-16)9-10-29-20/h3-8,12-14,22,24H,9-11H2,1-2H3,(H,25,26). The second-order valence-corrected chi connectivity index (χ2v) is 7.38. The van der Waals surface area contributed by atoms with Gasteiger partial charge in [-0.05, 0) is 40.8 Å². The molecule has 1 aliphatic heterocycles. The molecule has 0 saturated heterocycles. The van der Waals surface area contributed by atoms with Crippen LogP contribution in [0.15, 0.2) is 48.7 Å². The summed E-state index contributed by atoms with van der Waals surface area (Å²) < 4.78 is 10.5. The molecule has 1 amide bonds. The van der Waals surface area contributed by atoms with Crippen molar-refractivity contribution in [1.82, 2.24) is 10.3 Å². The molecule has 6 nitrogen and oxygen atoms in total. The number of aromatic amines is 1. The molecule has 0 radical (unpaired) electrons. The van der Waals surface area contributed by atoms with Crippen molar-refractivity contribution < 1.29 is 19.1 Å². The van der Waals surface area contributed by atoms with Crippen LogP contribution < -0.4 is 10.1 Å². The Hall–Kier alpha value is -3.28. The number of rotatable bonds is 6.